The van der Waals surface area contributed by atoms with E-state index in [2.05, 4.69) is 0 Å². The van der Waals surface area contributed by atoms with Gasteiger partial charge >= 0.3 is 12.1 Å². The average Bonchev–Trinajstić information content (AvgIpc) is 2.63. The molecule has 0 fully saturated rings. The molecule has 2 aromatic carbocycles. The normalized spacial score (nSPS) is 13.0. The van der Waals surface area contributed by atoms with E-state index in [1.54, 1.807) is 18.2 Å². The van der Waals surface area contributed by atoms with Crippen molar-refractivity contribution in [2.75, 3.05) is 5.75 Å². The largest absolute Gasteiger partial charge is 0.480 e. The monoisotopic (exact) mass is 431 g/mol. The predicted octanol–water partition coefficient (Wildman–Crippen LogP) is 2.83. The summed E-state index contributed by atoms with van der Waals surface area (Å²) in [7, 11) is -4.53. The molecule has 0 radical (unpaired) electrons. The van der Waals surface area contributed by atoms with Crippen molar-refractivity contribution in [2.24, 2.45) is 0 Å². The number of carboxylic acid groups (broad SMARTS) is 1. The fourth-order valence-electron chi connectivity index (χ4n) is 2.65. The van der Waals surface area contributed by atoms with Gasteiger partial charge in [0.2, 0.25) is 0 Å². The molecule has 1 atom stereocenters. The van der Waals surface area contributed by atoms with Crippen molar-refractivity contribution in [3.63, 3.8) is 0 Å². The minimum atomic E-state index is -4.90. The van der Waals surface area contributed by atoms with E-state index in [1.807, 2.05) is 5.32 Å². The van der Waals surface area contributed by atoms with Gasteiger partial charge in [0, 0.05) is 0 Å². The van der Waals surface area contributed by atoms with Crippen molar-refractivity contribution in [1.82, 2.24) is 5.32 Å². The zero-order valence-corrected chi connectivity index (χ0v) is 15.5. The molecule has 11 heteroatoms. The van der Waals surface area contributed by atoms with Crippen LogP contribution in [0.15, 0.2) is 48.5 Å². The van der Waals surface area contributed by atoms with E-state index in [-0.39, 0.29) is 5.56 Å². The number of aliphatic carboxylic acids is 1. The van der Waals surface area contributed by atoms with Crippen molar-refractivity contribution in [3.8, 4) is 11.1 Å². The Hall–Kier alpha value is -2.92. The third-order valence-electron chi connectivity index (χ3n) is 3.95. The molecule has 7 nitrogen and oxygen atoms in total. The molecule has 29 heavy (non-hydrogen) atoms. The third kappa shape index (κ3) is 6.03. The summed E-state index contributed by atoms with van der Waals surface area (Å²) in [6, 6.07) is 8.99. The lowest BCUT2D eigenvalue weighted by Crippen LogP contribution is -2.42. The Morgan fingerprint density at radius 3 is 2.17 bits per heavy atom. The first kappa shape index (κ1) is 22.4. The smallest absolute Gasteiger partial charge is 0.417 e. The van der Waals surface area contributed by atoms with Gasteiger partial charge in [0.25, 0.3) is 16.0 Å². The molecule has 0 saturated heterocycles. The van der Waals surface area contributed by atoms with Gasteiger partial charge in [-0.25, -0.2) is 4.79 Å². The Morgan fingerprint density at radius 2 is 1.66 bits per heavy atom. The van der Waals surface area contributed by atoms with E-state index in [9.17, 15) is 31.2 Å². The zero-order chi connectivity index (χ0) is 21.8. The number of hydrogen-bond acceptors (Lipinski definition) is 4. The van der Waals surface area contributed by atoms with E-state index >= 15 is 0 Å². The van der Waals surface area contributed by atoms with E-state index in [4.69, 9.17) is 9.66 Å². The van der Waals surface area contributed by atoms with Gasteiger partial charge in [0.15, 0.2) is 0 Å². The molecule has 2 rings (SSSR count). The molecule has 0 aliphatic carbocycles. The maximum Gasteiger partial charge on any atom is 0.417 e. The quantitative estimate of drug-likeness (QED) is 0.580. The van der Waals surface area contributed by atoms with Crippen molar-refractivity contribution in [3.05, 3.63) is 59.7 Å². The first-order chi connectivity index (χ1) is 13.4. The summed E-state index contributed by atoms with van der Waals surface area (Å²) in [6.45, 7) is 0. The van der Waals surface area contributed by atoms with Crippen LogP contribution in [-0.4, -0.2) is 41.7 Å². The van der Waals surface area contributed by atoms with Crippen LogP contribution in [0, 0.1) is 0 Å². The Balaban J connectivity index is 2.50. The fourth-order valence-corrected chi connectivity index (χ4v) is 3.18. The van der Waals surface area contributed by atoms with Crippen LogP contribution in [0.1, 0.15) is 22.3 Å². The highest BCUT2D eigenvalue weighted by Gasteiger charge is 2.37. The Kier molecular flexibility index (Phi) is 6.65. The molecule has 0 aromatic heterocycles. The lowest BCUT2D eigenvalue weighted by atomic mass is 9.94. The van der Waals surface area contributed by atoms with Gasteiger partial charge in [-0.05, 0) is 23.6 Å². The van der Waals surface area contributed by atoms with Crippen LogP contribution in [0.3, 0.4) is 0 Å². The number of carboxylic acids is 1. The molecule has 0 aliphatic heterocycles. The summed E-state index contributed by atoms with van der Waals surface area (Å²) in [6.07, 6.45) is -5.63. The summed E-state index contributed by atoms with van der Waals surface area (Å²) in [5.41, 5.74) is -1.83. The molecule has 2 aromatic rings. The molecule has 0 aliphatic rings. The Labute approximate surface area is 163 Å². The molecule has 0 heterocycles. The summed E-state index contributed by atoms with van der Waals surface area (Å²) in [5.74, 6) is -3.98. The van der Waals surface area contributed by atoms with E-state index in [1.165, 1.54) is 18.2 Å². The summed E-state index contributed by atoms with van der Waals surface area (Å²) >= 11 is 0. The Morgan fingerprint density at radius 1 is 1.03 bits per heavy atom. The van der Waals surface area contributed by atoms with Crippen molar-refractivity contribution in [1.29, 1.82) is 0 Å². The second-order valence-corrected chi connectivity index (χ2v) is 7.60. The predicted molar refractivity (Wildman–Crippen MR) is 96.8 cm³/mol. The van der Waals surface area contributed by atoms with Gasteiger partial charge in [0.1, 0.15) is 6.04 Å². The highest BCUT2D eigenvalue weighted by atomic mass is 32.2. The van der Waals surface area contributed by atoms with Crippen molar-refractivity contribution in [2.45, 2.75) is 18.6 Å². The molecule has 1 amide bonds. The molecule has 0 bridgehead atoms. The second-order valence-electron chi connectivity index (χ2n) is 6.03. The van der Waals surface area contributed by atoms with Gasteiger partial charge in [-0.15, -0.1) is 0 Å². The number of hydrogen-bond donors (Lipinski definition) is 3. The minimum Gasteiger partial charge on any atom is -0.480 e. The third-order valence-corrected chi connectivity index (χ3v) is 4.70. The molecular weight excluding hydrogens is 415 g/mol. The number of nitrogens with one attached hydrogen (secondary N) is 1. The van der Waals surface area contributed by atoms with Crippen molar-refractivity contribution >= 4 is 22.0 Å². The number of amides is 1. The lowest BCUT2D eigenvalue weighted by molar-refractivity contribution is -0.139. The topological polar surface area (TPSA) is 121 Å². The van der Waals surface area contributed by atoms with E-state index < -0.39 is 57.5 Å². The highest BCUT2D eigenvalue weighted by molar-refractivity contribution is 7.85. The number of alkyl halides is 3. The van der Waals surface area contributed by atoms with Crippen LogP contribution in [-0.2, 0) is 21.1 Å². The highest BCUT2D eigenvalue weighted by Crippen LogP contribution is 2.36. The molecule has 0 spiro atoms. The molecular formula is C18H16F3NO6S. The van der Waals surface area contributed by atoms with Gasteiger partial charge in [-0.2, -0.15) is 21.6 Å². The lowest BCUT2D eigenvalue weighted by Gasteiger charge is -2.19. The zero-order valence-electron chi connectivity index (χ0n) is 14.7. The van der Waals surface area contributed by atoms with Gasteiger partial charge < -0.3 is 10.4 Å². The molecule has 3 N–H and O–H groups in total. The summed E-state index contributed by atoms with van der Waals surface area (Å²) < 4.78 is 70.9. The first-order valence-electron chi connectivity index (χ1n) is 8.14. The number of halogens is 3. The van der Waals surface area contributed by atoms with E-state index in [0.29, 0.717) is 11.6 Å². The van der Waals surface area contributed by atoms with Crippen molar-refractivity contribution < 1.29 is 40.8 Å². The van der Waals surface area contributed by atoms with E-state index in [0.717, 1.165) is 6.07 Å². The molecule has 0 unspecified atom stereocenters. The SMILES string of the molecule is O=C(N[C@@H](CCS(=O)(=O)O)C(=O)O)c1c(-c2ccccc2)cccc1C(F)(F)F. The van der Waals surface area contributed by atoms with Crippen LogP contribution < -0.4 is 5.32 Å². The number of rotatable bonds is 7. The van der Waals surface area contributed by atoms with Gasteiger partial charge in [-0.3, -0.25) is 9.35 Å². The first-order valence-corrected chi connectivity index (χ1v) is 9.75. The maximum absolute atomic E-state index is 13.5. The van der Waals surface area contributed by atoms with Crippen LogP contribution >= 0.6 is 0 Å². The van der Waals surface area contributed by atoms with Gasteiger partial charge in [0.05, 0.1) is 16.9 Å². The van der Waals surface area contributed by atoms with Crippen LogP contribution in [0.5, 0.6) is 0 Å². The van der Waals surface area contributed by atoms with Crippen LogP contribution in [0.25, 0.3) is 11.1 Å². The second kappa shape index (κ2) is 8.62. The summed E-state index contributed by atoms with van der Waals surface area (Å²) in [5, 5.41) is 11.1. The standard InChI is InChI=1S/C18H16F3NO6S/c19-18(20,21)13-8-4-7-12(11-5-2-1-3-6-11)15(13)16(23)22-14(17(24)25)9-10-29(26,27)28/h1-8,14H,9-10H2,(H,22,23)(H,24,25)(H,26,27,28)/t14-/m0/s1. The van der Waals surface area contributed by atoms with Crippen LogP contribution in [0.4, 0.5) is 13.2 Å². The fraction of sp³-hybridized carbons (Fsp3) is 0.222. The number of carbonyl (C=O) groups is 2. The minimum absolute atomic E-state index is 0.0724. The summed E-state index contributed by atoms with van der Waals surface area (Å²) in [4.78, 5) is 24.0. The maximum atomic E-state index is 13.5. The molecule has 156 valence electrons. The number of carbonyl (C=O) groups excluding carboxylic acids is 1. The van der Waals surface area contributed by atoms with Gasteiger partial charge in [-0.1, -0.05) is 42.5 Å². The average molecular weight is 431 g/mol. The van der Waals surface area contributed by atoms with Crippen LogP contribution in [0.2, 0.25) is 0 Å². The Bertz CT molecular complexity index is 1010. The number of benzene rings is 2. The molecule has 0 saturated carbocycles.